The van der Waals surface area contributed by atoms with Gasteiger partial charge in [0.15, 0.2) is 5.96 Å². The highest BCUT2D eigenvalue weighted by molar-refractivity contribution is 7.09. The van der Waals surface area contributed by atoms with Gasteiger partial charge < -0.3 is 10.6 Å². The van der Waals surface area contributed by atoms with Crippen molar-refractivity contribution in [2.75, 3.05) is 32.7 Å². The normalized spacial score (nSPS) is 17.6. The summed E-state index contributed by atoms with van der Waals surface area (Å²) in [6.45, 7) is 10.8. The van der Waals surface area contributed by atoms with E-state index in [9.17, 15) is 13.2 Å². The number of nitrogens with zero attached hydrogens (tertiary/aromatic N) is 3. The van der Waals surface area contributed by atoms with Gasteiger partial charge >= 0.3 is 6.18 Å². The second-order valence-electron chi connectivity index (χ2n) is 8.62. The van der Waals surface area contributed by atoms with Crippen molar-refractivity contribution >= 4 is 17.3 Å². The van der Waals surface area contributed by atoms with Crippen LogP contribution < -0.4 is 10.6 Å². The van der Waals surface area contributed by atoms with Gasteiger partial charge in [-0.25, -0.2) is 9.98 Å². The molecule has 1 aliphatic rings. The topological polar surface area (TPSA) is 52.6 Å². The van der Waals surface area contributed by atoms with Crippen LogP contribution in [-0.2, 0) is 12.0 Å². The van der Waals surface area contributed by atoms with Gasteiger partial charge in [-0.1, -0.05) is 20.8 Å². The van der Waals surface area contributed by atoms with Crippen LogP contribution in [-0.4, -0.2) is 54.7 Å². The molecule has 1 saturated heterocycles. The average molecular weight is 434 g/mol. The maximum atomic E-state index is 12.5. The molecule has 166 valence electrons. The first kappa shape index (κ1) is 23.9. The standard InChI is InChI=1S/C20H34F3N5S/c1-5-24-18(26-12-17-27-16(13-29-17)19(2,3)4)25-9-6-15-7-10-28(11-8-15)14-20(21,22)23/h13,15H,5-12,14H2,1-4H3,(H2,24,25,26). The first-order valence-electron chi connectivity index (χ1n) is 10.3. The highest BCUT2D eigenvalue weighted by Gasteiger charge is 2.32. The van der Waals surface area contributed by atoms with Crippen LogP contribution in [0.2, 0.25) is 0 Å². The highest BCUT2D eigenvalue weighted by atomic mass is 32.1. The van der Waals surface area contributed by atoms with Crippen LogP contribution in [0.4, 0.5) is 13.2 Å². The molecule has 2 heterocycles. The summed E-state index contributed by atoms with van der Waals surface area (Å²) in [4.78, 5) is 10.8. The van der Waals surface area contributed by atoms with Crippen LogP contribution in [0.25, 0.3) is 0 Å². The Balaban J connectivity index is 1.75. The van der Waals surface area contributed by atoms with E-state index in [1.807, 2.05) is 6.92 Å². The van der Waals surface area contributed by atoms with E-state index in [4.69, 9.17) is 0 Å². The molecule has 0 saturated carbocycles. The molecule has 1 aromatic rings. The van der Waals surface area contributed by atoms with E-state index in [1.165, 1.54) is 4.90 Å². The second kappa shape index (κ2) is 10.6. The molecule has 1 fully saturated rings. The maximum absolute atomic E-state index is 12.5. The Morgan fingerprint density at radius 1 is 1.24 bits per heavy atom. The number of thiazole rings is 1. The van der Waals surface area contributed by atoms with E-state index >= 15 is 0 Å². The fraction of sp³-hybridized carbons (Fsp3) is 0.800. The molecule has 0 amide bonds. The third-order valence-corrected chi connectivity index (χ3v) is 5.83. The third kappa shape index (κ3) is 8.90. The molecule has 0 aliphatic carbocycles. The van der Waals surface area contributed by atoms with Gasteiger partial charge in [0.05, 0.1) is 18.8 Å². The SMILES string of the molecule is CCNC(=NCc1nc(C(C)(C)C)cs1)NCCC1CCN(CC(F)(F)F)CC1. The minimum Gasteiger partial charge on any atom is -0.357 e. The van der Waals surface area contributed by atoms with Gasteiger partial charge in [-0.15, -0.1) is 11.3 Å². The van der Waals surface area contributed by atoms with Gasteiger partial charge in [0.25, 0.3) is 0 Å². The van der Waals surface area contributed by atoms with Crippen LogP contribution in [0, 0.1) is 5.92 Å². The molecule has 0 spiro atoms. The lowest BCUT2D eigenvalue weighted by Crippen LogP contribution is -2.41. The molecule has 0 unspecified atom stereocenters. The van der Waals surface area contributed by atoms with Crippen LogP contribution in [0.15, 0.2) is 10.4 Å². The number of aromatic nitrogens is 1. The predicted octanol–water partition coefficient (Wildman–Crippen LogP) is 4.16. The summed E-state index contributed by atoms with van der Waals surface area (Å²) < 4.78 is 37.4. The van der Waals surface area contributed by atoms with Gasteiger partial charge in [-0.05, 0) is 45.2 Å². The van der Waals surface area contributed by atoms with Crippen LogP contribution in [0.3, 0.4) is 0 Å². The van der Waals surface area contributed by atoms with E-state index < -0.39 is 12.7 Å². The van der Waals surface area contributed by atoms with E-state index in [0.29, 0.717) is 25.6 Å². The summed E-state index contributed by atoms with van der Waals surface area (Å²) in [5.74, 6) is 1.22. The molecule has 29 heavy (non-hydrogen) atoms. The number of guanidine groups is 1. The zero-order valence-corrected chi connectivity index (χ0v) is 18.7. The molecule has 9 heteroatoms. The summed E-state index contributed by atoms with van der Waals surface area (Å²) >= 11 is 1.63. The lowest BCUT2D eigenvalue weighted by atomic mass is 9.93. The maximum Gasteiger partial charge on any atom is 0.401 e. The quantitative estimate of drug-likeness (QED) is 0.501. The Kier molecular flexibility index (Phi) is 8.75. The van der Waals surface area contributed by atoms with Crippen molar-refractivity contribution in [3.63, 3.8) is 0 Å². The lowest BCUT2D eigenvalue weighted by Gasteiger charge is -2.32. The van der Waals surface area contributed by atoms with Crippen molar-refractivity contribution in [2.24, 2.45) is 10.9 Å². The number of likely N-dealkylation sites (tertiary alicyclic amines) is 1. The largest absolute Gasteiger partial charge is 0.401 e. The van der Waals surface area contributed by atoms with Gasteiger partial charge in [0, 0.05) is 23.9 Å². The third-order valence-electron chi connectivity index (χ3n) is 4.99. The van der Waals surface area contributed by atoms with E-state index in [2.05, 4.69) is 46.8 Å². The first-order chi connectivity index (χ1) is 13.6. The lowest BCUT2D eigenvalue weighted by molar-refractivity contribution is -0.148. The zero-order chi connectivity index (χ0) is 21.5. The Morgan fingerprint density at radius 3 is 2.48 bits per heavy atom. The van der Waals surface area contributed by atoms with E-state index in [0.717, 1.165) is 49.0 Å². The number of halogens is 3. The minimum absolute atomic E-state index is 0.0386. The fourth-order valence-electron chi connectivity index (χ4n) is 3.30. The molecule has 2 rings (SSSR count). The van der Waals surface area contributed by atoms with E-state index in [-0.39, 0.29) is 5.41 Å². The molecule has 1 aromatic heterocycles. The second-order valence-corrected chi connectivity index (χ2v) is 9.56. The number of hydrogen-bond donors (Lipinski definition) is 2. The molecule has 0 bridgehead atoms. The number of alkyl halides is 3. The predicted molar refractivity (Wildman–Crippen MR) is 113 cm³/mol. The van der Waals surface area contributed by atoms with Gasteiger partial charge in [-0.2, -0.15) is 13.2 Å². The van der Waals surface area contributed by atoms with Crippen molar-refractivity contribution in [1.29, 1.82) is 0 Å². The van der Waals surface area contributed by atoms with Gasteiger partial charge in [-0.3, -0.25) is 4.90 Å². The summed E-state index contributed by atoms with van der Waals surface area (Å²) in [5.41, 5.74) is 1.12. The molecule has 2 N–H and O–H groups in total. The van der Waals surface area contributed by atoms with Crippen molar-refractivity contribution in [3.05, 3.63) is 16.1 Å². The van der Waals surface area contributed by atoms with Crippen molar-refractivity contribution < 1.29 is 13.2 Å². The Hall–Kier alpha value is -1.35. The monoisotopic (exact) mass is 433 g/mol. The minimum atomic E-state index is -4.10. The Bertz CT molecular complexity index is 643. The van der Waals surface area contributed by atoms with Crippen molar-refractivity contribution in [3.8, 4) is 0 Å². The van der Waals surface area contributed by atoms with Crippen LogP contribution in [0.1, 0.15) is 57.7 Å². The number of piperidine rings is 1. The summed E-state index contributed by atoms with van der Waals surface area (Å²) in [6.07, 6.45) is -1.52. The van der Waals surface area contributed by atoms with Crippen LogP contribution in [0.5, 0.6) is 0 Å². The Morgan fingerprint density at radius 2 is 1.93 bits per heavy atom. The number of nitrogens with one attached hydrogen (secondary N) is 2. The highest BCUT2D eigenvalue weighted by Crippen LogP contribution is 2.25. The summed E-state index contributed by atoms with van der Waals surface area (Å²) in [6, 6.07) is 0. The van der Waals surface area contributed by atoms with E-state index in [1.54, 1.807) is 11.3 Å². The smallest absolute Gasteiger partial charge is 0.357 e. The molecular formula is C20H34F3N5S. The number of hydrogen-bond acceptors (Lipinski definition) is 4. The van der Waals surface area contributed by atoms with Gasteiger partial charge in [0.2, 0.25) is 0 Å². The zero-order valence-electron chi connectivity index (χ0n) is 17.9. The molecule has 0 radical (unpaired) electrons. The summed E-state index contributed by atoms with van der Waals surface area (Å²) in [5, 5.41) is 9.67. The fourth-order valence-corrected chi connectivity index (χ4v) is 4.24. The van der Waals surface area contributed by atoms with Crippen LogP contribution >= 0.6 is 11.3 Å². The number of rotatable bonds is 7. The molecule has 1 aliphatic heterocycles. The van der Waals surface area contributed by atoms with Crippen molar-refractivity contribution in [1.82, 2.24) is 20.5 Å². The molecule has 0 aromatic carbocycles. The molecule has 0 atom stereocenters. The summed E-state index contributed by atoms with van der Waals surface area (Å²) in [7, 11) is 0. The molecule has 5 nitrogen and oxygen atoms in total. The first-order valence-corrected chi connectivity index (χ1v) is 11.2. The van der Waals surface area contributed by atoms with Gasteiger partial charge in [0.1, 0.15) is 5.01 Å². The Labute approximate surface area is 176 Å². The molecular weight excluding hydrogens is 399 g/mol. The average Bonchev–Trinajstić information content (AvgIpc) is 3.09. The van der Waals surface area contributed by atoms with Crippen molar-refractivity contribution in [2.45, 2.75) is 65.1 Å². The number of aliphatic imine (C=N–C) groups is 1.